The number of hydrogen-bond donors (Lipinski definition) is 1. The predicted molar refractivity (Wildman–Crippen MR) is 58.0 cm³/mol. The van der Waals surface area contributed by atoms with Crippen LogP contribution in [0.4, 0.5) is 5.82 Å². The zero-order valence-electron chi connectivity index (χ0n) is 9.05. The lowest BCUT2D eigenvalue weighted by atomic mass is 10.1. The summed E-state index contributed by atoms with van der Waals surface area (Å²) in [4.78, 5) is 10.3. The topological polar surface area (TPSA) is 64.3 Å². The fraction of sp³-hybridized carbons (Fsp3) is 0.600. The summed E-state index contributed by atoms with van der Waals surface area (Å²) in [6, 6.07) is 2.13. The van der Waals surface area contributed by atoms with Crippen LogP contribution in [-0.2, 0) is 0 Å². The lowest BCUT2D eigenvalue weighted by molar-refractivity contribution is 0.232. The number of nitrogens with zero attached hydrogens (tertiary/aromatic N) is 3. The highest BCUT2D eigenvalue weighted by molar-refractivity contribution is 5.44. The Morgan fingerprint density at radius 1 is 1.47 bits per heavy atom. The Hall–Kier alpha value is -1.36. The Labute approximate surface area is 89.3 Å². The molecule has 1 aliphatic rings. The number of hydrogen-bond acceptors (Lipinski definition) is 5. The number of ether oxygens (including phenoxy) is 1. The van der Waals surface area contributed by atoms with Crippen LogP contribution in [0.2, 0.25) is 0 Å². The van der Waals surface area contributed by atoms with E-state index < -0.39 is 0 Å². The van der Waals surface area contributed by atoms with Gasteiger partial charge in [0.1, 0.15) is 12.1 Å². The SMILES string of the molecule is CC(C)Oc1cc(N2CC(N)C2)ncn1. The molecule has 0 atom stereocenters. The van der Waals surface area contributed by atoms with Gasteiger partial charge in [-0.25, -0.2) is 9.97 Å². The fourth-order valence-corrected chi connectivity index (χ4v) is 1.51. The lowest BCUT2D eigenvalue weighted by Crippen LogP contribution is -2.56. The van der Waals surface area contributed by atoms with Gasteiger partial charge in [0.05, 0.1) is 6.10 Å². The lowest BCUT2D eigenvalue weighted by Gasteiger charge is -2.37. The molecule has 0 amide bonds. The van der Waals surface area contributed by atoms with Crippen LogP contribution >= 0.6 is 0 Å². The molecular formula is C10H16N4O. The van der Waals surface area contributed by atoms with Crippen molar-refractivity contribution in [2.45, 2.75) is 26.0 Å². The standard InChI is InChI=1S/C10H16N4O/c1-7(2)15-10-3-9(12-6-13-10)14-4-8(11)5-14/h3,6-8H,4-5,11H2,1-2H3. The molecule has 15 heavy (non-hydrogen) atoms. The van der Waals surface area contributed by atoms with Gasteiger partial charge in [0.25, 0.3) is 0 Å². The summed E-state index contributed by atoms with van der Waals surface area (Å²) < 4.78 is 5.49. The molecule has 82 valence electrons. The van der Waals surface area contributed by atoms with E-state index in [1.165, 1.54) is 6.33 Å². The molecule has 1 aromatic rings. The van der Waals surface area contributed by atoms with Gasteiger partial charge in [-0.3, -0.25) is 0 Å². The van der Waals surface area contributed by atoms with Gasteiger partial charge in [-0.15, -0.1) is 0 Å². The summed E-state index contributed by atoms with van der Waals surface area (Å²) in [6.07, 6.45) is 1.66. The second-order valence-electron chi connectivity index (χ2n) is 4.05. The first-order valence-electron chi connectivity index (χ1n) is 5.14. The van der Waals surface area contributed by atoms with Crippen LogP contribution in [0.5, 0.6) is 5.88 Å². The molecule has 0 radical (unpaired) electrons. The third-order valence-corrected chi connectivity index (χ3v) is 2.22. The first-order chi connectivity index (χ1) is 7.15. The van der Waals surface area contributed by atoms with Gasteiger partial charge in [0.2, 0.25) is 5.88 Å². The number of rotatable bonds is 3. The monoisotopic (exact) mass is 208 g/mol. The highest BCUT2D eigenvalue weighted by Crippen LogP contribution is 2.20. The zero-order valence-corrected chi connectivity index (χ0v) is 9.05. The summed E-state index contributed by atoms with van der Waals surface area (Å²) in [5.74, 6) is 1.51. The first kappa shape index (κ1) is 10.2. The molecule has 0 aromatic carbocycles. The summed E-state index contributed by atoms with van der Waals surface area (Å²) in [5, 5.41) is 0. The highest BCUT2D eigenvalue weighted by atomic mass is 16.5. The smallest absolute Gasteiger partial charge is 0.218 e. The van der Waals surface area contributed by atoms with Gasteiger partial charge in [-0.1, -0.05) is 0 Å². The molecule has 2 N–H and O–H groups in total. The Kier molecular flexibility index (Phi) is 2.73. The summed E-state index contributed by atoms with van der Waals surface area (Å²) in [5.41, 5.74) is 5.71. The minimum Gasteiger partial charge on any atom is -0.475 e. The van der Waals surface area contributed by atoms with Crippen LogP contribution in [0, 0.1) is 0 Å². The van der Waals surface area contributed by atoms with Crippen molar-refractivity contribution in [1.29, 1.82) is 0 Å². The number of anilines is 1. The minimum atomic E-state index is 0.131. The average molecular weight is 208 g/mol. The van der Waals surface area contributed by atoms with E-state index in [9.17, 15) is 0 Å². The molecule has 1 fully saturated rings. The molecular weight excluding hydrogens is 192 g/mol. The third-order valence-electron chi connectivity index (χ3n) is 2.22. The van der Waals surface area contributed by atoms with Crippen molar-refractivity contribution < 1.29 is 4.74 Å². The van der Waals surface area contributed by atoms with Gasteiger partial charge < -0.3 is 15.4 Å². The molecule has 0 saturated carbocycles. The van der Waals surface area contributed by atoms with Gasteiger partial charge in [-0.2, -0.15) is 0 Å². The van der Waals surface area contributed by atoms with Crippen molar-refractivity contribution >= 4 is 5.82 Å². The fourth-order valence-electron chi connectivity index (χ4n) is 1.51. The van der Waals surface area contributed by atoms with Crippen LogP contribution < -0.4 is 15.4 Å². The molecule has 0 unspecified atom stereocenters. The average Bonchev–Trinajstić information content (AvgIpc) is 2.12. The molecule has 2 rings (SSSR count). The van der Waals surface area contributed by atoms with E-state index in [1.54, 1.807) is 0 Å². The molecule has 2 heterocycles. The molecule has 1 aliphatic heterocycles. The summed E-state index contributed by atoms with van der Waals surface area (Å²) >= 11 is 0. The van der Waals surface area contributed by atoms with E-state index in [1.807, 2.05) is 19.9 Å². The van der Waals surface area contributed by atoms with Crippen molar-refractivity contribution in [2.75, 3.05) is 18.0 Å². The largest absolute Gasteiger partial charge is 0.475 e. The Morgan fingerprint density at radius 3 is 2.80 bits per heavy atom. The molecule has 0 spiro atoms. The normalized spacial score (nSPS) is 16.7. The third kappa shape index (κ3) is 2.36. The Bertz CT molecular complexity index is 336. The van der Waals surface area contributed by atoms with Crippen LogP contribution in [0.1, 0.15) is 13.8 Å². The number of aromatic nitrogens is 2. The minimum absolute atomic E-state index is 0.131. The molecule has 1 aromatic heterocycles. The molecule has 5 nitrogen and oxygen atoms in total. The van der Waals surface area contributed by atoms with Crippen LogP contribution in [0.25, 0.3) is 0 Å². The zero-order chi connectivity index (χ0) is 10.8. The van der Waals surface area contributed by atoms with Gasteiger partial charge in [0, 0.05) is 25.2 Å². The van der Waals surface area contributed by atoms with E-state index in [-0.39, 0.29) is 12.1 Å². The van der Waals surface area contributed by atoms with E-state index in [4.69, 9.17) is 10.5 Å². The molecule has 0 aliphatic carbocycles. The van der Waals surface area contributed by atoms with E-state index in [0.717, 1.165) is 18.9 Å². The molecule has 5 heteroatoms. The summed E-state index contributed by atoms with van der Waals surface area (Å²) in [7, 11) is 0. The van der Waals surface area contributed by atoms with Crippen molar-refractivity contribution in [2.24, 2.45) is 5.73 Å². The van der Waals surface area contributed by atoms with Crippen molar-refractivity contribution in [3.8, 4) is 5.88 Å². The van der Waals surface area contributed by atoms with E-state index in [2.05, 4.69) is 14.9 Å². The maximum absolute atomic E-state index is 5.71. The van der Waals surface area contributed by atoms with Crippen LogP contribution in [0.3, 0.4) is 0 Å². The molecule has 1 saturated heterocycles. The Balaban J connectivity index is 2.06. The highest BCUT2D eigenvalue weighted by Gasteiger charge is 2.24. The number of nitrogens with two attached hydrogens (primary N) is 1. The van der Waals surface area contributed by atoms with Crippen molar-refractivity contribution in [3.05, 3.63) is 12.4 Å². The van der Waals surface area contributed by atoms with Crippen LogP contribution in [0.15, 0.2) is 12.4 Å². The van der Waals surface area contributed by atoms with E-state index >= 15 is 0 Å². The van der Waals surface area contributed by atoms with Gasteiger partial charge in [0.15, 0.2) is 0 Å². The van der Waals surface area contributed by atoms with Gasteiger partial charge >= 0.3 is 0 Å². The first-order valence-corrected chi connectivity index (χ1v) is 5.14. The second-order valence-corrected chi connectivity index (χ2v) is 4.05. The summed E-state index contributed by atoms with van der Waals surface area (Å²) in [6.45, 7) is 5.67. The van der Waals surface area contributed by atoms with Crippen molar-refractivity contribution in [3.63, 3.8) is 0 Å². The second kappa shape index (κ2) is 4.02. The van der Waals surface area contributed by atoms with Gasteiger partial charge in [-0.05, 0) is 13.8 Å². The Morgan fingerprint density at radius 2 is 2.20 bits per heavy atom. The quantitative estimate of drug-likeness (QED) is 0.779. The van der Waals surface area contributed by atoms with Crippen molar-refractivity contribution in [1.82, 2.24) is 9.97 Å². The molecule has 0 bridgehead atoms. The maximum atomic E-state index is 5.71. The maximum Gasteiger partial charge on any atom is 0.218 e. The van der Waals surface area contributed by atoms with Crippen LogP contribution in [-0.4, -0.2) is 35.2 Å². The predicted octanol–water partition coefficient (Wildman–Crippen LogP) is 0.411. The van der Waals surface area contributed by atoms with E-state index in [0.29, 0.717) is 5.88 Å².